The van der Waals surface area contributed by atoms with Gasteiger partial charge in [-0.1, -0.05) is 87.2 Å². The van der Waals surface area contributed by atoms with Gasteiger partial charge >= 0.3 is 0 Å². The third-order valence-electron chi connectivity index (χ3n) is 14.0. The number of likely N-dealkylation sites (N-methyl/N-ethyl adjacent to an activating group) is 1. The fourth-order valence-corrected chi connectivity index (χ4v) is 10.1. The van der Waals surface area contributed by atoms with Gasteiger partial charge in [-0.25, -0.2) is 13.8 Å². The molecule has 0 spiro atoms. The lowest BCUT2D eigenvalue weighted by Crippen LogP contribution is -2.58. The molecule has 71 heavy (non-hydrogen) atoms. The van der Waals surface area contributed by atoms with E-state index in [1.165, 1.54) is 11.8 Å². The van der Waals surface area contributed by atoms with Gasteiger partial charge in [0.15, 0.2) is 17.4 Å². The maximum absolute atomic E-state index is 15.4. The van der Waals surface area contributed by atoms with Gasteiger partial charge in [0.1, 0.15) is 22.9 Å². The van der Waals surface area contributed by atoms with Crippen LogP contribution in [0.4, 0.5) is 26.2 Å². The number of rotatable bonds is 24. The number of hydrogen-bond acceptors (Lipinski definition) is 11. The molecule has 2 aromatic carbocycles. The molecule has 4 amide bonds. The predicted molar refractivity (Wildman–Crippen MR) is 269 cm³/mol. The number of amides is 4. The lowest BCUT2D eigenvalue weighted by atomic mass is 9.83. The first-order chi connectivity index (χ1) is 34.4. The number of benzene rings is 2. The number of carbonyl (C=O) groups excluding carboxylic acids is 4. The molecule has 7 rings (SSSR count). The Balaban J connectivity index is 0.841. The minimum absolute atomic E-state index is 0.0389. The zero-order valence-electron chi connectivity index (χ0n) is 41.2. The lowest BCUT2D eigenvalue weighted by Gasteiger charge is -2.35. The van der Waals surface area contributed by atoms with E-state index in [-0.39, 0.29) is 89.8 Å². The number of aromatic nitrogens is 4. The van der Waals surface area contributed by atoms with E-state index in [2.05, 4.69) is 59.1 Å². The SMILES string of the molecule is CN[C@@H](C)C(=O)N[C@H](C(=O)N1C[C@@H](NC(=O)CCCCCCCCCOc2cc(F)cc(CNc3nc(Nc4cnn(C)c4)ncc3Cl)c2F)C[C@H]1C(=O)N[C@@H]1CCCc2ccccc21)C1CCCCC1. The molecule has 19 heteroatoms. The number of fused-ring (bicyclic) bond motifs is 1. The molecule has 16 nitrogen and oxygen atoms in total. The van der Waals surface area contributed by atoms with Crippen molar-refractivity contribution in [1.82, 2.24) is 45.9 Å². The molecule has 0 radical (unpaired) electrons. The second-order valence-corrected chi connectivity index (χ2v) is 19.7. The number of hydrogen-bond donors (Lipinski definition) is 6. The lowest BCUT2D eigenvalue weighted by molar-refractivity contribution is -0.143. The minimum Gasteiger partial charge on any atom is -0.490 e. The predicted octanol–water partition coefficient (Wildman–Crippen LogP) is 7.95. The van der Waals surface area contributed by atoms with E-state index in [1.807, 2.05) is 12.1 Å². The van der Waals surface area contributed by atoms with Crippen LogP contribution in [0.2, 0.25) is 5.02 Å². The van der Waals surface area contributed by atoms with Crippen molar-refractivity contribution >= 4 is 52.7 Å². The number of likely N-dealkylation sites (tertiary alicyclic amines) is 1. The molecule has 2 fully saturated rings. The summed E-state index contributed by atoms with van der Waals surface area (Å²) < 4.78 is 37.3. The molecule has 5 atom stereocenters. The smallest absolute Gasteiger partial charge is 0.246 e. The number of halogens is 3. The highest BCUT2D eigenvalue weighted by Crippen LogP contribution is 2.33. The second-order valence-electron chi connectivity index (χ2n) is 19.3. The molecule has 1 aliphatic heterocycles. The summed E-state index contributed by atoms with van der Waals surface area (Å²) in [5.74, 6) is -1.90. The summed E-state index contributed by atoms with van der Waals surface area (Å²) >= 11 is 6.29. The van der Waals surface area contributed by atoms with Crippen LogP contribution in [0.15, 0.2) is 55.0 Å². The largest absolute Gasteiger partial charge is 0.490 e. The molecule has 2 aliphatic carbocycles. The highest BCUT2D eigenvalue weighted by atomic mass is 35.5. The van der Waals surface area contributed by atoms with Crippen molar-refractivity contribution in [2.45, 2.75) is 153 Å². The van der Waals surface area contributed by atoms with Gasteiger partial charge in [0.2, 0.25) is 29.6 Å². The Morgan fingerprint density at radius 3 is 2.45 bits per heavy atom. The summed E-state index contributed by atoms with van der Waals surface area (Å²) in [6.45, 7) is 2.07. The van der Waals surface area contributed by atoms with E-state index in [0.29, 0.717) is 24.9 Å². The Hall–Kier alpha value is -5.88. The molecule has 384 valence electrons. The van der Waals surface area contributed by atoms with Crippen molar-refractivity contribution in [2.75, 3.05) is 30.8 Å². The van der Waals surface area contributed by atoms with Gasteiger partial charge in [0.25, 0.3) is 0 Å². The van der Waals surface area contributed by atoms with E-state index in [9.17, 15) is 23.6 Å². The highest BCUT2D eigenvalue weighted by Gasteiger charge is 2.45. The Labute approximate surface area is 420 Å². The number of nitrogens with one attached hydrogen (secondary N) is 6. The van der Waals surface area contributed by atoms with Crippen LogP contribution in [-0.2, 0) is 39.2 Å². The Bertz CT molecular complexity index is 2440. The molecule has 0 bridgehead atoms. The number of aryl methyl sites for hydroxylation is 2. The van der Waals surface area contributed by atoms with E-state index < -0.39 is 35.8 Å². The molecular formula is C52H70ClF2N11O5. The summed E-state index contributed by atoms with van der Waals surface area (Å²) in [5.41, 5.74) is 3.05. The van der Waals surface area contributed by atoms with E-state index >= 15 is 4.39 Å². The standard InChI is InChI=1S/C52H70ClF2N11O5/c1-33(56-2)49(68)63-47(35-18-10-9-11-19-35)51(70)66-32-38(27-43(66)50(69)62-42-22-16-20-34-17-13-14-21-40(34)42)60-45(67)23-12-7-5-4-6-8-15-24-71-44-26-37(54)25-36(46(44)55)28-57-48-41(53)30-58-52(64-48)61-39-29-59-65(3)31-39/h13-14,17,21,25-26,29-31,33,35,38,42-43,47,56H,4-12,15-16,18-20,22-24,27-28,32H2,1-3H3,(H,60,67)(H,62,69)(H,63,68)(H2,57,58,61,64)/t33-,38-,42+,43-,47-/m0/s1. The number of carbonyl (C=O) groups is 4. The quantitative estimate of drug-likeness (QED) is 0.0373. The summed E-state index contributed by atoms with van der Waals surface area (Å²) in [5, 5.41) is 22.7. The molecule has 4 aromatic rings. The van der Waals surface area contributed by atoms with Gasteiger partial charge in [-0.3, -0.25) is 23.9 Å². The highest BCUT2D eigenvalue weighted by molar-refractivity contribution is 6.32. The number of unbranched alkanes of at least 4 members (excludes halogenated alkanes) is 6. The Kier molecular flexibility index (Phi) is 19.4. The first-order valence-electron chi connectivity index (χ1n) is 25.4. The number of anilines is 3. The van der Waals surface area contributed by atoms with Crippen LogP contribution in [0.25, 0.3) is 0 Å². The molecule has 3 heterocycles. The topological polar surface area (TPSA) is 197 Å². The fraction of sp³-hybridized carbons (Fsp3) is 0.558. The van der Waals surface area contributed by atoms with Gasteiger partial charge in [0, 0.05) is 50.4 Å². The third kappa shape index (κ3) is 14.8. The zero-order valence-corrected chi connectivity index (χ0v) is 42.0. The Morgan fingerprint density at radius 2 is 1.69 bits per heavy atom. The summed E-state index contributed by atoms with van der Waals surface area (Å²) in [7, 11) is 3.48. The maximum Gasteiger partial charge on any atom is 0.246 e. The van der Waals surface area contributed by atoms with Crippen molar-refractivity contribution in [3.05, 3.63) is 88.3 Å². The third-order valence-corrected chi connectivity index (χ3v) is 14.3. The van der Waals surface area contributed by atoms with Crippen molar-refractivity contribution in [1.29, 1.82) is 0 Å². The van der Waals surface area contributed by atoms with Crippen LogP contribution in [-0.4, -0.2) is 92.6 Å². The van der Waals surface area contributed by atoms with Gasteiger partial charge in [-0.2, -0.15) is 10.1 Å². The molecule has 3 aliphatic rings. The molecule has 6 N–H and O–H groups in total. The van der Waals surface area contributed by atoms with E-state index in [0.717, 1.165) is 101 Å². The first-order valence-corrected chi connectivity index (χ1v) is 25.8. The first kappa shape index (κ1) is 52.9. The van der Waals surface area contributed by atoms with E-state index in [1.54, 1.807) is 43.0 Å². The minimum atomic E-state index is -0.794. The van der Waals surface area contributed by atoms with Gasteiger partial charge < -0.3 is 41.5 Å². The second kappa shape index (κ2) is 26.0. The fourth-order valence-electron chi connectivity index (χ4n) is 9.99. The monoisotopic (exact) mass is 1000 g/mol. The summed E-state index contributed by atoms with van der Waals surface area (Å²) in [6, 6.07) is 7.67. The average Bonchev–Trinajstić information content (AvgIpc) is 3.99. The maximum atomic E-state index is 15.4. The van der Waals surface area contributed by atoms with Gasteiger partial charge in [-0.15, -0.1) is 0 Å². The number of nitrogens with zero attached hydrogens (tertiary/aromatic N) is 5. The van der Waals surface area contributed by atoms with Crippen LogP contribution < -0.4 is 36.6 Å². The van der Waals surface area contributed by atoms with Crippen LogP contribution in [0, 0.1) is 17.6 Å². The summed E-state index contributed by atoms with van der Waals surface area (Å²) in [6.07, 6.45) is 18.6. The average molecular weight is 1000 g/mol. The normalized spacial score (nSPS) is 18.8. The molecule has 0 unspecified atom stereocenters. The molecule has 1 saturated carbocycles. The van der Waals surface area contributed by atoms with Crippen LogP contribution in [0.1, 0.15) is 132 Å². The van der Waals surface area contributed by atoms with Crippen LogP contribution in [0.3, 0.4) is 0 Å². The molecular weight excluding hydrogens is 932 g/mol. The van der Waals surface area contributed by atoms with Crippen molar-refractivity contribution < 1.29 is 32.7 Å². The van der Waals surface area contributed by atoms with Crippen molar-refractivity contribution in [3.8, 4) is 5.75 Å². The van der Waals surface area contributed by atoms with Crippen LogP contribution in [0.5, 0.6) is 5.75 Å². The molecule has 2 aromatic heterocycles. The summed E-state index contributed by atoms with van der Waals surface area (Å²) in [4.78, 5) is 65.6. The zero-order chi connectivity index (χ0) is 50.3. The van der Waals surface area contributed by atoms with Gasteiger partial charge in [0.05, 0.1) is 36.8 Å². The van der Waals surface area contributed by atoms with Crippen LogP contribution >= 0.6 is 11.6 Å². The van der Waals surface area contributed by atoms with Gasteiger partial charge in [-0.05, 0) is 88.4 Å². The van der Waals surface area contributed by atoms with Crippen molar-refractivity contribution in [2.24, 2.45) is 13.0 Å². The van der Waals surface area contributed by atoms with Crippen molar-refractivity contribution in [3.63, 3.8) is 0 Å². The Morgan fingerprint density at radius 1 is 0.930 bits per heavy atom. The molecule has 1 saturated heterocycles. The van der Waals surface area contributed by atoms with E-state index in [4.69, 9.17) is 16.3 Å². The number of ether oxygens (including phenoxy) is 1.